The molecular weight excluding hydrogens is 432 g/mol. The summed E-state index contributed by atoms with van der Waals surface area (Å²) in [5.74, 6) is -1.50. The molecule has 1 amide bonds. The first kappa shape index (κ1) is 23.9. The molecule has 32 heavy (non-hydrogen) atoms. The lowest BCUT2D eigenvalue weighted by atomic mass is 9.66. The van der Waals surface area contributed by atoms with Gasteiger partial charge in [-0.2, -0.15) is 0 Å². The summed E-state index contributed by atoms with van der Waals surface area (Å²) >= 11 is 6.07. The van der Waals surface area contributed by atoms with Gasteiger partial charge in [0.05, 0.1) is 7.11 Å². The normalized spacial score (nSPS) is 17.1. The number of pyridine rings is 1. The van der Waals surface area contributed by atoms with E-state index in [1.54, 1.807) is 6.92 Å². The quantitative estimate of drug-likeness (QED) is 0.594. The summed E-state index contributed by atoms with van der Waals surface area (Å²) in [4.78, 5) is 29.3. The van der Waals surface area contributed by atoms with Crippen molar-refractivity contribution in [2.24, 2.45) is 0 Å². The number of ether oxygens (including phenoxy) is 2. The topological polar surface area (TPSA) is 97.8 Å². The second kappa shape index (κ2) is 10.2. The Balaban J connectivity index is 1.71. The lowest BCUT2D eigenvalue weighted by molar-refractivity contribution is -0.154. The van der Waals surface area contributed by atoms with Crippen LogP contribution in [-0.4, -0.2) is 41.2 Å². The van der Waals surface area contributed by atoms with E-state index in [-0.39, 0.29) is 28.7 Å². The summed E-state index contributed by atoms with van der Waals surface area (Å²) < 4.78 is 10.9. The van der Waals surface area contributed by atoms with E-state index < -0.39 is 17.9 Å². The monoisotopic (exact) mass is 460 g/mol. The number of benzene rings is 1. The maximum absolute atomic E-state index is 12.8. The summed E-state index contributed by atoms with van der Waals surface area (Å²) in [6.07, 6.45) is 6.03. The van der Waals surface area contributed by atoms with Crippen LogP contribution in [0.1, 0.15) is 62.0 Å². The molecule has 0 saturated heterocycles. The zero-order valence-corrected chi connectivity index (χ0v) is 19.3. The fourth-order valence-corrected chi connectivity index (χ4v) is 4.50. The molecule has 1 fully saturated rings. The van der Waals surface area contributed by atoms with Crippen LogP contribution in [0, 0.1) is 0 Å². The highest BCUT2D eigenvalue weighted by Crippen LogP contribution is 2.43. The molecule has 1 saturated carbocycles. The number of methoxy groups -OCH3 is 1. The Morgan fingerprint density at radius 2 is 1.78 bits per heavy atom. The van der Waals surface area contributed by atoms with Gasteiger partial charge in [-0.15, -0.1) is 0 Å². The molecule has 2 aromatic rings. The zero-order chi connectivity index (χ0) is 23.3. The molecule has 2 atom stereocenters. The van der Waals surface area contributed by atoms with Crippen molar-refractivity contribution in [3.05, 3.63) is 52.8 Å². The average Bonchev–Trinajstić information content (AvgIpc) is 2.79. The molecule has 172 valence electrons. The van der Waals surface area contributed by atoms with E-state index in [1.165, 1.54) is 19.4 Å². The third-order valence-electron chi connectivity index (χ3n) is 6.26. The van der Waals surface area contributed by atoms with E-state index in [9.17, 15) is 14.7 Å². The molecule has 1 unspecified atom stereocenters. The molecule has 2 N–H and O–H groups in total. The molecule has 1 aliphatic rings. The molecular formula is C24H29ClN2O5. The highest BCUT2D eigenvalue weighted by atomic mass is 35.5. The molecule has 8 heteroatoms. The highest BCUT2D eigenvalue weighted by Gasteiger charge is 2.41. The number of nitrogens with one attached hydrogen (secondary N) is 1. The summed E-state index contributed by atoms with van der Waals surface area (Å²) in [6.45, 7) is 3.45. The number of esters is 1. The van der Waals surface area contributed by atoms with E-state index >= 15 is 0 Å². The number of rotatable bonds is 7. The first-order valence-electron chi connectivity index (χ1n) is 10.8. The van der Waals surface area contributed by atoms with Gasteiger partial charge in [0.1, 0.15) is 12.1 Å². The van der Waals surface area contributed by atoms with Crippen LogP contribution in [-0.2, 0) is 14.9 Å². The van der Waals surface area contributed by atoms with Crippen LogP contribution in [0.5, 0.6) is 11.5 Å². The number of hydrogen-bond acceptors (Lipinski definition) is 6. The first-order valence-corrected chi connectivity index (χ1v) is 11.2. The summed E-state index contributed by atoms with van der Waals surface area (Å²) in [5.41, 5.74) is 0.584. The Morgan fingerprint density at radius 1 is 1.12 bits per heavy atom. The minimum absolute atomic E-state index is 0.121. The highest BCUT2D eigenvalue weighted by molar-refractivity contribution is 6.30. The van der Waals surface area contributed by atoms with Crippen LogP contribution in [0.3, 0.4) is 0 Å². The zero-order valence-electron chi connectivity index (χ0n) is 18.6. The van der Waals surface area contributed by atoms with E-state index in [4.69, 9.17) is 21.1 Å². The van der Waals surface area contributed by atoms with Gasteiger partial charge in [-0.3, -0.25) is 4.79 Å². The van der Waals surface area contributed by atoms with Crippen LogP contribution in [0.4, 0.5) is 0 Å². The summed E-state index contributed by atoms with van der Waals surface area (Å²) in [6, 6.07) is 8.23. The molecule has 0 bridgehead atoms. The van der Waals surface area contributed by atoms with Gasteiger partial charge in [0.15, 0.2) is 17.2 Å². The van der Waals surface area contributed by atoms with Crippen LogP contribution >= 0.6 is 11.6 Å². The van der Waals surface area contributed by atoms with Crippen molar-refractivity contribution in [2.45, 2.75) is 63.5 Å². The predicted octanol–water partition coefficient (Wildman–Crippen LogP) is 4.40. The van der Waals surface area contributed by atoms with E-state index in [1.807, 2.05) is 31.2 Å². The summed E-state index contributed by atoms with van der Waals surface area (Å²) in [7, 11) is 1.37. The molecule has 0 aliphatic heterocycles. The molecule has 1 heterocycles. The maximum Gasteiger partial charge on any atom is 0.328 e. The van der Waals surface area contributed by atoms with Crippen molar-refractivity contribution in [1.29, 1.82) is 0 Å². The van der Waals surface area contributed by atoms with Crippen molar-refractivity contribution in [3.8, 4) is 11.5 Å². The van der Waals surface area contributed by atoms with Crippen LogP contribution in [0.25, 0.3) is 0 Å². The van der Waals surface area contributed by atoms with Crippen LogP contribution in [0.15, 0.2) is 36.5 Å². The number of aromatic hydroxyl groups is 1. The Labute approximate surface area is 193 Å². The van der Waals surface area contributed by atoms with Gasteiger partial charge < -0.3 is 19.9 Å². The van der Waals surface area contributed by atoms with Gasteiger partial charge in [-0.25, -0.2) is 9.78 Å². The number of carbonyl (C=O) groups is 2. The SMILES string of the molecule is COc1ccnc(C(=O)N[C@@H](C)C(=O)OC(C)C2(c3ccc(Cl)cc3)CCCCC2)c1O. The number of carbonyl (C=O) groups excluding carboxylic acids is 2. The van der Waals surface area contributed by atoms with Crippen LogP contribution < -0.4 is 10.1 Å². The van der Waals surface area contributed by atoms with Crippen molar-refractivity contribution >= 4 is 23.5 Å². The third-order valence-corrected chi connectivity index (χ3v) is 6.51. The van der Waals surface area contributed by atoms with Gasteiger partial charge in [-0.05, 0) is 44.4 Å². The second-order valence-electron chi connectivity index (χ2n) is 8.21. The maximum atomic E-state index is 12.8. The lowest BCUT2D eigenvalue weighted by Gasteiger charge is -2.42. The number of nitrogens with zero attached hydrogens (tertiary/aromatic N) is 1. The number of hydrogen-bond donors (Lipinski definition) is 2. The standard InChI is InChI=1S/C24H29ClN2O5/c1-15(27-22(29)20-21(28)19(31-3)11-14-26-20)23(30)32-16(2)24(12-5-4-6-13-24)17-7-9-18(25)10-8-17/h7-11,14-16,28H,4-6,12-13H2,1-3H3,(H,27,29)/t15-,16?/m0/s1. The fraction of sp³-hybridized carbons (Fsp3) is 0.458. The first-order chi connectivity index (χ1) is 15.3. The minimum Gasteiger partial charge on any atom is -0.503 e. The van der Waals surface area contributed by atoms with Gasteiger partial charge in [-0.1, -0.05) is 43.0 Å². The van der Waals surface area contributed by atoms with Gasteiger partial charge in [0, 0.05) is 22.7 Å². The molecule has 0 radical (unpaired) electrons. The second-order valence-corrected chi connectivity index (χ2v) is 8.64. The number of aromatic nitrogens is 1. The van der Waals surface area contributed by atoms with Gasteiger partial charge in [0.2, 0.25) is 0 Å². The Morgan fingerprint density at radius 3 is 2.41 bits per heavy atom. The summed E-state index contributed by atoms with van der Waals surface area (Å²) in [5, 5.41) is 13.3. The lowest BCUT2D eigenvalue weighted by Crippen LogP contribution is -2.46. The fourth-order valence-electron chi connectivity index (χ4n) is 4.37. The van der Waals surface area contributed by atoms with E-state index in [0.29, 0.717) is 5.02 Å². The van der Waals surface area contributed by atoms with Gasteiger partial charge in [0.25, 0.3) is 5.91 Å². The molecule has 1 aromatic heterocycles. The predicted molar refractivity (Wildman–Crippen MR) is 121 cm³/mol. The molecule has 1 aliphatic carbocycles. The molecule has 0 spiro atoms. The number of halogens is 1. The number of amides is 1. The average molecular weight is 461 g/mol. The largest absolute Gasteiger partial charge is 0.503 e. The van der Waals surface area contributed by atoms with Crippen molar-refractivity contribution in [2.75, 3.05) is 7.11 Å². The Kier molecular flexibility index (Phi) is 7.61. The third kappa shape index (κ3) is 4.99. The molecule has 1 aromatic carbocycles. The Hall–Kier alpha value is -2.80. The van der Waals surface area contributed by atoms with Crippen molar-refractivity contribution in [1.82, 2.24) is 10.3 Å². The molecule has 3 rings (SSSR count). The minimum atomic E-state index is -0.928. The van der Waals surface area contributed by atoms with E-state index in [2.05, 4.69) is 10.3 Å². The Bertz CT molecular complexity index is 957. The smallest absolute Gasteiger partial charge is 0.328 e. The van der Waals surface area contributed by atoms with E-state index in [0.717, 1.165) is 37.7 Å². The van der Waals surface area contributed by atoms with Crippen molar-refractivity contribution in [3.63, 3.8) is 0 Å². The molecule has 7 nitrogen and oxygen atoms in total. The van der Waals surface area contributed by atoms with Crippen molar-refractivity contribution < 1.29 is 24.2 Å². The van der Waals surface area contributed by atoms with Gasteiger partial charge >= 0.3 is 5.97 Å². The van der Waals surface area contributed by atoms with Crippen LogP contribution in [0.2, 0.25) is 5.02 Å².